The first-order chi connectivity index (χ1) is 9.69. The van der Waals surface area contributed by atoms with Crippen LogP contribution in [0.3, 0.4) is 0 Å². The molecule has 0 aliphatic carbocycles. The summed E-state index contributed by atoms with van der Waals surface area (Å²) in [6, 6.07) is 0.361. The molecule has 1 aromatic rings. The van der Waals surface area contributed by atoms with Gasteiger partial charge in [-0.2, -0.15) is 0 Å². The molecule has 0 amide bonds. The van der Waals surface area contributed by atoms with Crippen LogP contribution >= 0.6 is 11.3 Å². The Morgan fingerprint density at radius 1 is 1.40 bits per heavy atom. The molecular weight excluding hydrogens is 274 g/mol. The van der Waals surface area contributed by atoms with E-state index in [0.29, 0.717) is 6.04 Å². The lowest BCUT2D eigenvalue weighted by molar-refractivity contribution is -0.00461. The molecule has 1 aromatic heterocycles. The number of hydrogen-bond acceptors (Lipinski definition) is 6. The normalized spacial score (nSPS) is 24.3. The van der Waals surface area contributed by atoms with Crippen molar-refractivity contribution in [2.75, 3.05) is 38.8 Å². The van der Waals surface area contributed by atoms with E-state index in [-0.39, 0.29) is 12.2 Å². The predicted octanol–water partition coefficient (Wildman–Crippen LogP) is 2.05. The molecule has 0 radical (unpaired) electrons. The van der Waals surface area contributed by atoms with E-state index in [0.717, 1.165) is 31.2 Å². The molecule has 2 rings (SSSR count). The summed E-state index contributed by atoms with van der Waals surface area (Å²) in [5.41, 5.74) is 0. The van der Waals surface area contributed by atoms with E-state index in [2.05, 4.69) is 29.0 Å². The summed E-state index contributed by atoms with van der Waals surface area (Å²) in [6.45, 7) is 7.09. The lowest BCUT2D eigenvalue weighted by Gasteiger charge is -2.14. The van der Waals surface area contributed by atoms with E-state index in [1.165, 1.54) is 4.88 Å². The van der Waals surface area contributed by atoms with Crippen LogP contribution in [0.5, 0.6) is 0 Å². The zero-order chi connectivity index (χ0) is 14.5. The smallest absolute Gasteiger partial charge is 0.185 e. The minimum Gasteiger partial charge on any atom is -0.377 e. The highest BCUT2D eigenvalue weighted by molar-refractivity contribution is 7.15. The Labute approximate surface area is 125 Å². The summed E-state index contributed by atoms with van der Waals surface area (Å²) in [4.78, 5) is 8.09. The number of methoxy groups -OCH3 is 2. The lowest BCUT2D eigenvalue weighted by atomic mass is 10.3. The van der Waals surface area contributed by atoms with Crippen molar-refractivity contribution < 1.29 is 9.47 Å². The number of hydrogen-bond donors (Lipinski definition) is 1. The molecule has 1 aliphatic heterocycles. The van der Waals surface area contributed by atoms with Gasteiger partial charge in [0.1, 0.15) is 12.2 Å². The molecule has 0 bridgehead atoms. The molecule has 1 fully saturated rings. The van der Waals surface area contributed by atoms with E-state index in [4.69, 9.17) is 9.47 Å². The number of rotatable bonds is 7. The summed E-state index contributed by atoms with van der Waals surface area (Å²) in [5, 5.41) is 4.56. The molecule has 20 heavy (non-hydrogen) atoms. The minimum absolute atomic E-state index is 0.128. The highest BCUT2D eigenvalue weighted by Crippen LogP contribution is 2.30. The Hall–Kier alpha value is -0.690. The Balaban J connectivity index is 1.99. The fourth-order valence-corrected chi connectivity index (χ4v) is 3.40. The Bertz CT molecular complexity index is 401. The van der Waals surface area contributed by atoms with Gasteiger partial charge in [-0.25, -0.2) is 4.98 Å². The van der Waals surface area contributed by atoms with E-state index in [9.17, 15) is 0 Å². The number of ether oxygens (including phenoxy) is 2. The molecule has 0 saturated carbocycles. The second-order valence-electron chi connectivity index (χ2n) is 5.17. The second kappa shape index (κ2) is 7.36. The third-order valence-corrected chi connectivity index (χ3v) is 4.97. The topological polar surface area (TPSA) is 46.6 Å². The molecule has 0 spiro atoms. The highest BCUT2D eigenvalue weighted by Gasteiger charge is 2.34. The van der Waals surface area contributed by atoms with E-state index in [1.54, 1.807) is 25.6 Å². The third kappa shape index (κ3) is 3.49. The van der Waals surface area contributed by atoms with Crippen LogP contribution in [0.25, 0.3) is 0 Å². The maximum atomic E-state index is 5.47. The SMILES string of the molecule is CCCNC(C)c1cnc(N2CC(OC)C(OC)C2)s1. The van der Waals surface area contributed by atoms with Crippen LogP contribution < -0.4 is 10.2 Å². The first-order valence-corrected chi connectivity index (χ1v) is 8.00. The Morgan fingerprint density at radius 2 is 2.05 bits per heavy atom. The highest BCUT2D eigenvalue weighted by atomic mass is 32.1. The average molecular weight is 299 g/mol. The standard InChI is InChI=1S/C14H25N3O2S/c1-5-6-15-10(2)13-7-16-14(20-13)17-8-11(18-3)12(9-17)19-4/h7,10-12,15H,5-6,8-9H2,1-4H3. The largest absolute Gasteiger partial charge is 0.377 e. The van der Waals surface area contributed by atoms with Crippen LogP contribution in [0.1, 0.15) is 31.2 Å². The van der Waals surface area contributed by atoms with Gasteiger partial charge >= 0.3 is 0 Å². The van der Waals surface area contributed by atoms with Gasteiger partial charge in [-0.1, -0.05) is 6.92 Å². The molecule has 1 aliphatic rings. The van der Waals surface area contributed by atoms with Crippen LogP contribution in [0.4, 0.5) is 5.13 Å². The zero-order valence-corrected chi connectivity index (χ0v) is 13.6. The maximum Gasteiger partial charge on any atom is 0.185 e. The first-order valence-electron chi connectivity index (χ1n) is 7.19. The molecule has 2 heterocycles. The van der Waals surface area contributed by atoms with Crippen molar-refractivity contribution in [3.63, 3.8) is 0 Å². The van der Waals surface area contributed by atoms with Gasteiger partial charge in [0.15, 0.2) is 5.13 Å². The molecule has 3 atom stereocenters. The summed E-state index contributed by atoms with van der Waals surface area (Å²) < 4.78 is 10.9. The fourth-order valence-electron chi connectivity index (χ4n) is 2.44. The van der Waals surface area contributed by atoms with Crippen molar-refractivity contribution >= 4 is 16.5 Å². The molecular formula is C14H25N3O2S. The van der Waals surface area contributed by atoms with Gasteiger partial charge in [-0.05, 0) is 19.9 Å². The first kappa shape index (κ1) is 15.7. The molecule has 3 unspecified atom stereocenters. The Kier molecular flexibility index (Phi) is 5.77. The van der Waals surface area contributed by atoms with Gasteiger partial charge in [0.05, 0.1) is 0 Å². The predicted molar refractivity (Wildman–Crippen MR) is 82.6 cm³/mol. The average Bonchev–Trinajstić information content (AvgIpc) is 3.10. The molecule has 6 heteroatoms. The maximum absolute atomic E-state index is 5.47. The van der Waals surface area contributed by atoms with E-state index < -0.39 is 0 Å². The minimum atomic E-state index is 0.128. The van der Waals surface area contributed by atoms with Gasteiger partial charge in [-0.15, -0.1) is 11.3 Å². The summed E-state index contributed by atoms with van der Waals surface area (Å²) in [7, 11) is 3.48. The second-order valence-corrected chi connectivity index (χ2v) is 6.21. The number of thiazole rings is 1. The number of nitrogens with zero attached hydrogens (tertiary/aromatic N) is 2. The molecule has 5 nitrogen and oxygen atoms in total. The summed E-state index contributed by atoms with van der Waals surface area (Å²) >= 11 is 1.75. The van der Waals surface area contributed by atoms with Crippen LogP contribution in [0.15, 0.2) is 6.20 Å². The quantitative estimate of drug-likeness (QED) is 0.835. The summed E-state index contributed by atoms with van der Waals surface area (Å²) in [6.07, 6.45) is 3.38. The van der Waals surface area contributed by atoms with Gasteiger partial charge in [0, 0.05) is 44.4 Å². The van der Waals surface area contributed by atoms with E-state index in [1.807, 2.05) is 6.20 Å². The van der Waals surface area contributed by atoms with Gasteiger partial charge < -0.3 is 19.7 Å². The molecule has 0 aromatic carbocycles. The van der Waals surface area contributed by atoms with Crippen LogP contribution in [-0.4, -0.2) is 51.0 Å². The zero-order valence-electron chi connectivity index (χ0n) is 12.8. The van der Waals surface area contributed by atoms with Gasteiger partial charge in [0.2, 0.25) is 0 Å². The number of nitrogens with one attached hydrogen (secondary N) is 1. The van der Waals surface area contributed by atoms with Crippen molar-refractivity contribution in [3.8, 4) is 0 Å². The van der Waals surface area contributed by atoms with Crippen molar-refractivity contribution in [2.24, 2.45) is 0 Å². The fraction of sp³-hybridized carbons (Fsp3) is 0.786. The Morgan fingerprint density at radius 3 is 2.60 bits per heavy atom. The van der Waals surface area contributed by atoms with Crippen LogP contribution in [0, 0.1) is 0 Å². The van der Waals surface area contributed by atoms with Crippen molar-refractivity contribution in [1.29, 1.82) is 0 Å². The van der Waals surface area contributed by atoms with Crippen LogP contribution in [0.2, 0.25) is 0 Å². The number of anilines is 1. The summed E-state index contributed by atoms with van der Waals surface area (Å²) in [5.74, 6) is 0. The molecule has 1 saturated heterocycles. The molecule has 1 N–H and O–H groups in total. The number of aromatic nitrogens is 1. The molecule has 114 valence electrons. The third-order valence-electron chi connectivity index (χ3n) is 3.73. The van der Waals surface area contributed by atoms with Crippen LogP contribution in [-0.2, 0) is 9.47 Å². The van der Waals surface area contributed by atoms with Crippen molar-refractivity contribution in [3.05, 3.63) is 11.1 Å². The van der Waals surface area contributed by atoms with Gasteiger partial charge in [-0.3, -0.25) is 0 Å². The monoisotopic (exact) mass is 299 g/mol. The lowest BCUT2D eigenvalue weighted by Crippen LogP contribution is -2.27. The van der Waals surface area contributed by atoms with Crippen molar-refractivity contribution in [1.82, 2.24) is 10.3 Å². The van der Waals surface area contributed by atoms with E-state index >= 15 is 0 Å². The van der Waals surface area contributed by atoms with Gasteiger partial charge in [0.25, 0.3) is 0 Å². The van der Waals surface area contributed by atoms with Crippen molar-refractivity contribution in [2.45, 2.75) is 38.5 Å².